The van der Waals surface area contributed by atoms with Crippen molar-refractivity contribution < 1.29 is 34.0 Å². The Morgan fingerprint density at radius 2 is 1.84 bits per heavy atom. The fraction of sp³-hybridized carbons (Fsp3) is 0.727. The molecule has 7 unspecified atom stereocenters. The summed E-state index contributed by atoms with van der Waals surface area (Å²) in [6, 6.07) is 0. The maximum Gasteiger partial charge on any atom is 0.359 e. The summed E-state index contributed by atoms with van der Waals surface area (Å²) in [6.45, 7) is 7.82. The molecule has 0 bridgehead atoms. The monoisotopic (exact) mass is 545 g/mol. The first-order chi connectivity index (χ1) is 17.2. The number of ether oxygens (including phenoxy) is 1. The van der Waals surface area contributed by atoms with Gasteiger partial charge in [0.1, 0.15) is 25.0 Å². The van der Waals surface area contributed by atoms with Crippen molar-refractivity contribution in [1.82, 2.24) is 24.5 Å². The van der Waals surface area contributed by atoms with Gasteiger partial charge in [0.15, 0.2) is 5.34 Å². The smallest absolute Gasteiger partial charge is 0.359 e. The quantitative estimate of drug-likeness (QED) is 0.242. The van der Waals surface area contributed by atoms with Gasteiger partial charge in [-0.05, 0) is 33.1 Å². The largest absolute Gasteiger partial charge is 0.388 e. The summed E-state index contributed by atoms with van der Waals surface area (Å²) >= 11 is 0. The summed E-state index contributed by atoms with van der Waals surface area (Å²) < 4.78 is 26.7. The third-order valence-corrected chi connectivity index (χ3v) is 9.18. The van der Waals surface area contributed by atoms with Gasteiger partial charge >= 0.3 is 13.3 Å². The van der Waals surface area contributed by atoms with E-state index in [0.717, 1.165) is 4.57 Å². The number of aromatic nitrogens is 5. The van der Waals surface area contributed by atoms with Crippen molar-refractivity contribution in [3.05, 3.63) is 44.5 Å². The molecule has 7 atom stereocenters. The minimum atomic E-state index is -4.50. The highest BCUT2D eigenvalue weighted by Crippen LogP contribution is 2.59. The molecule has 15 heteroatoms. The van der Waals surface area contributed by atoms with Crippen LogP contribution in [0.5, 0.6) is 0 Å². The molecule has 1 aliphatic rings. The van der Waals surface area contributed by atoms with Crippen LogP contribution in [0.3, 0.4) is 0 Å². The van der Waals surface area contributed by atoms with Crippen molar-refractivity contribution in [2.45, 2.75) is 102 Å². The van der Waals surface area contributed by atoms with Gasteiger partial charge in [-0.1, -0.05) is 26.0 Å². The van der Waals surface area contributed by atoms with Gasteiger partial charge in [0.05, 0.1) is 29.2 Å². The summed E-state index contributed by atoms with van der Waals surface area (Å²) in [5.74, 6) is 0. The van der Waals surface area contributed by atoms with Crippen LogP contribution >= 0.6 is 7.60 Å². The Bertz CT molecular complexity index is 1260. The molecular formula is C22H36N5O9P. The van der Waals surface area contributed by atoms with Gasteiger partial charge in [-0.15, -0.1) is 5.10 Å². The van der Waals surface area contributed by atoms with Gasteiger partial charge in [-0.2, -0.15) is 0 Å². The van der Waals surface area contributed by atoms with E-state index in [1.807, 2.05) is 6.92 Å². The number of aryl methyl sites for hydroxylation is 1. The molecule has 0 aliphatic carbocycles. The Morgan fingerprint density at radius 3 is 2.41 bits per heavy atom. The third kappa shape index (κ3) is 6.11. The molecule has 37 heavy (non-hydrogen) atoms. The van der Waals surface area contributed by atoms with Gasteiger partial charge in [-0.25, -0.2) is 9.48 Å². The van der Waals surface area contributed by atoms with Crippen molar-refractivity contribution in [1.29, 1.82) is 0 Å². The highest BCUT2D eigenvalue weighted by atomic mass is 31.2. The van der Waals surface area contributed by atoms with E-state index in [1.54, 1.807) is 20.0 Å². The maximum atomic E-state index is 12.8. The summed E-state index contributed by atoms with van der Waals surface area (Å²) in [5, 5.41) is 37.7. The Kier molecular flexibility index (Phi) is 8.64. The van der Waals surface area contributed by atoms with E-state index in [2.05, 4.69) is 15.3 Å². The van der Waals surface area contributed by atoms with Crippen LogP contribution < -0.4 is 11.2 Å². The molecule has 5 N–H and O–H groups in total. The first-order valence-electron chi connectivity index (χ1n) is 12.2. The second-order valence-electron chi connectivity index (χ2n) is 9.82. The molecule has 14 nitrogen and oxygen atoms in total. The van der Waals surface area contributed by atoms with E-state index in [0.29, 0.717) is 12.1 Å². The number of aliphatic hydroxyl groups excluding tert-OH is 2. The zero-order chi connectivity index (χ0) is 27.8. The van der Waals surface area contributed by atoms with E-state index >= 15 is 0 Å². The molecule has 0 spiro atoms. The number of hydrogen-bond acceptors (Lipinski definition) is 10. The molecule has 208 valence electrons. The lowest BCUT2D eigenvalue weighted by Crippen LogP contribution is -2.40. The molecular weight excluding hydrogens is 509 g/mol. The number of hydrogen-bond donors (Lipinski definition) is 5. The van der Waals surface area contributed by atoms with Crippen LogP contribution in [0.15, 0.2) is 22.0 Å². The van der Waals surface area contributed by atoms with E-state index in [1.165, 1.54) is 24.7 Å². The van der Waals surface area contributed by atoms with Crippen LogP contribution in [-0.2, 0) is 26.9 Å². The lowest BCUT2D eigenvalue weighted by molar-refractivity contribution is -0.0534. The highest BCUT2D eigenvalue weighted by molar-refractivity contribution is 7.54. The van der Waals surface area contributed by atoms with Crippen molar-refractivity contribution >= 4 is 7.60 Å². The van der Waals surface area contributed by atoms with Gasteiger partial charge in [0.2, 0.25) is 0 Å². The number of aliphatic hydroxyl groups is 3. The Morgan fingerprint density at radius 1 is 1.16 bits per heavy atom. The van der Waals surface area contributed by atoms with E-state index in [-0.39, 0.29) is 31.5 Å². The van der Waals surface area contributed by atoms with Crippen LogP contribution in [0.4, 0.5) is 0 Å². The molecule has 2 aromatic heterocycles. The zero-order valence-corrected chi connectivity index (χ0v) is 22.5. The minimum Gasteiger partial charge on any atom is -0.388 e. The SMILES string of the molecule is CCc1cn(Cn2cc(C3OC(CC(C)(CC)OP(=O)(O)C(C)(O)CC)C(O)C3O)c(=O)[nH]c2=O)nn1. The fourth-order valence-electron chi connectivity index (χ4n) is 4.00. The number of nitrogens with zero attached hydrogens (tertiary/aromatic N) is 4. The van der Waals surface area contributed by atoms with E-state index in [9.17, 15) is 34.4 Å². The minimum absolute atomic E-state index is 0.0310. The van der Waals surface area contributed by atoms with Gasteiger partial charge in [0.25, 0.3) is 5.56 Å². The Hall–Kier alpha value is -2.19. The fourth-order valence-corrected chi connectivity index (χ4v) is 5.40. The predicted octanol–water partition coefficient (Wildman–Crippen LogP) is 0.237. The van der Waals surface area contributed by atoms with Crippen LogP contribution in [0.2, 0.25) is 0 Å². The molecule has 1 fully saturated rings. The molecule has 0 amide bonds. The highest BCUT2D eigenvalue weighted by Gasteiger charge is 2.50. The Labute approximate surface area is 213 Å². The average Bonchev–Trinajstić information content (AvgIpc) is 3.40. The van der Waals surface area contributed by atoms with Crippen molar-refractivity contribution in [2.75, 3.05) is 0 Å². The van der Waals surface area contributed by atoms with Crippen LogP contribution in [0.25, 0.3) is 0 Å². The van der Waals surface area contributed by atoms with Crippen LogP contribution in [0, 0.1) is 0 Å². The standard InChI is InChI=1S/C22H36N5O9P/c1-6-13-10-27(25-24-13)12-26-11-14(19(30)23-20(26)31)18-17(29)16(28)15(35-18)9-21(4,7-2)36-37(33,34)22(5,32)8-3/h10-11,15-18,28-29,32H,6-9,12H2,1-5H3,(H,33,34)(H,23,30,31). The van der Waals surface area contributed by atoms with Crippen molar-refractivity contribution in [2.24, 2.45) is 0 Å². The summed E-state index contributed by atoms with van der Waals surface area (Å²) in [6.07, 6.45) is -1.79. The lowest BCUT2D eigenvalue weighted by Gasteiger charge is -2.37. The Balaban J connectivity index is 1.85. The number of rotatable bonds is 11. The summed E-state index contributed by atoms with van der Waals surface area (Å²) in [4.78, 5) is 37.6. The van der Waals surface area contributed by atoms with Crippen LogP contribution in [-0.4, -0.2) is 74.0 Å². The van der Waals surface area contributed by atoms with Gasteiger partial charge < -0.3 is 29.5 Å². The third-order valence-electron chi connectivity index (χ3n) is 6.96. The zero-order valence-electron chi connectivity index (χ0n) is 21.6. The van der Waals surface area contributed by atoms with Gasteiger partial charge in [0, 0.05) is 12.6 Å². The molecule has 3 rings (SSSR count). The lowest BCUT2D eigenvalue weighted by atomic mass is 9.92. The van der Waals surface area contributed by atoms with E-state index < -0.39 is 54.2 Å². The molecule has 1 saturated heterocycles. The van der Waals surface area contributed by atoms with Gasteiger partial charge in [-0.3, -0.25) is 18.9 Å². The summed E-state index contributed by atoms with van der Waals surface area (Å²) in [7, 11) is -4.50. The first kappa shape index (κ1) is 29.4. The number of aromatic amines is 1. The van der Waals surface area contributed by atoms with E-state index in [4.69, 9.17) is 9.26 Å². The second kappa shape index (κ2) is 10.9. The molecule has 0 radical (unpaired) electrons. The molecule has 1 aliphatic heterocycles. The molecule has 3 heterocycles. The average molecular weight is 546 g/mol. The number of nitrogens with one attached hydrogen (secondary N) is 1. The summed E-state index contributed by atoms with van der Waals surface area (Å²) in [5.41, 5.74) is -2.20. The topological polar surface area (TPSA) is 202 Å². The number of H-pyrrole nitrogens is 1. The van der Waals surface area contributed by atoms with Crippen molar-refractivity contribution in [3.8, 4) is 0 Å². The van der Waals surface area contributed by atoms with Crippen LogP contribution in [0.1, 0.15) is 71.2 Å². The predicted molar refractivity (Wildman–Crippen MR) is 131 cm³/mol. The maximum absolute atomic E-state index is 12.8. The first-order valence-corrected chi connectivity index (χ1v) is 13.7. The molecule has 2 aromatic rings. The second-order valence-corrected chi connectivity index (χ2v) is 12.0. The molecule has 0 aromatic carbocycles. The van der Waals surface area contributed by atoms with Crippen molar-refractivity contribution in [3.63, 3.8) is 0 Å². The molecule has 0 saturated carbocycles. The normalized spacial score (nSPS) is 26.9.